The number of halogens is 2. The van der Waals surface area contributed by atoms with E-state index in [0.717, 1.165) is 26.2 Å². The molecule has 122 valence electrons. The zero-order valence-electron chi connectivity index (χ0n) is 13.6. The van der Waals surface area contributed by atoms with E-state index >= 15 is 0 Å². The average molecular weight is 316 g/mol. The van der Waals surface area contributed by atoms with E-state index in [2.05, 4.69) is 28.9 Å². The topological polar surface area (TPSA) is 6.48 Å². The molecule has 0 bridgehead atoms. The van der Waals surface area contributed by atoms with Crippen molar-refractivity contribution in [1.82, 2.24) is 4.90 Å². The molecular weight excluding hydrogens is 294 g/mol. The lowest BCUT2D eigenvalue weighted by atomic mass is 10.0. The predicted molar refractivity (Wildman–Crippen MR) is 89.7 cm³/mol. The van der Waals surface area contributed by atoms with Crippen molar-refractivity contribution in [3.63, 3.8) is 0 Å². The Kier molecular flexibility index (Phi) is 4.62. The largest absolute Gasteiger partial charge is 0.369 e. The van der Waals surface area contributed by atoms with Gasteiger partial charge in [0.05, 0.1) is 0 Å². The van der Waals surface area contributed by atoms with Gasteiger partial charge in [-0.2, -0.15) is 0 Å². The minimum Gasteiger partial charge on any atom is -0.369 e. The molecule has 0 spiro atoms. The van der Waals surface area contributed by atoms with Gasteiger partial charge in [-0.3, -0.25) is 4.90 Å². The Balaban J connectivity index is 1.71. The number of anilines is 1. The first-order valence-electron chi connectivity index (χ1n) is 8.06. The molecule has 1 heterocycles. The molecule has 0 amide bonds. The molecule has 2 nitrogen and oxygen atoms in total. The molecule has 1 saturated heterocycles. The summed E-state index contributed by atoms with van der Waals surface area (Å²) in [7, 11) is 0. The minimum absolute atomic E-state index is 0.178. The molecule has 3 rings (SSSR count). The van der Waals surface area contributed by atoms with Crippen LogP contribution in [0.15, 0.2) is 42.5 Å². The number of nitrogens with zero attached hydrogens (tertiary/aromatic N) is 2. The molecular formula is C19H22F2N2. The molecule has 1 atom stereocenters. The highest BCUT2D eigenvalue weighted by Gasteiger charge is 2.26. The molecule has 0 radical (unpaired) electrons. The van der Waals surface area contributed by atoms with Gasteiger partial charge >= 0.3 is 0 Å². The van der Waals surface area contributed by atoms with E-state index in [-0.39, 0.29) is 11.6 Å². The number of para-hydroxylation sites is 1. The summed E-state index contributed by atoms with van der Waals surface area (Å²) in [6.07, 6.45) is 0. The Labute approximate surface area is 136 Å². The Morgan fingerprint density at radius 2 is 1.48 bits per heavy atom. The molecule has 0 N–H and O–H groups in total. The molecule has 1 aliphatic rings. The second-order valence-corrected chi connectivity index (χ2v) is 6.12. The van der Waals surface area contributed by atoms with Crippen molar-refractivity contribution < 1.29 is 8.78 Å². The summed E-state index contributed by atoms with van der Waals surface area (Å²) in [5, 5.41) is 0. The van der Waals surface area contributed by atoms with Gasteiger partial charge in [-0.1, -0.05) is 24.3 Å². The third kappa shape index (κ3) is 3.22. The molecule has 1 fully saturated rings. The summed E-state index contributed by atoms with van der Waals surface area (Å²) >= 11 is 0. The highest BCUT2D eigenvalue weighted by Crippen LogP contribution is 2.28. The van der Waals surface area contributed by atoms with Gasteiger partial charge in [0.15, 0.2) is 0 Å². The quantitative estimate of drug-likeness (QED) is 0.839. The maximum absolute atomic E-state index is 14.0. The molecule has 23 heavy (non-hydrogen) atoms. The summed E-state index contributed by atoms with van der Waals surface area (Å²) in [4.78, 5) is 4.49. The van der Waals surface area contributed by atoms with Crippen LogP contribution in [0.2, 0.25) is 0 Å². The second kappa shape index (κ2) is 6.67. The summed E-state index contributed by atoms with van der Waals surface area (Å²) in [5.41, 5.74) is 2.68. The Bertz CT molecular complexity index is 659. The zero-order valence-corrected chi connectivity index (χ0v) is 13.6. The van der Waals surface area contributed by atoms with E-state index in [1.54, 1.807) is 0 Å². The number of hydrogen-bond acceptors (Lipinski definition) is 2. The summed E-state index contributed by atoms with van der Waals surface area (Å²) in [5.74, 6) is -0.919. The zero-order chi connectivity index (χ0) is 16.4. The van der Waals surface area contributed by atoms with Gasteiger partial charge in [-0.05, 0) is 37.6 Å². The number of hydrogen-bond donors (Lipinski definition) is 0. The van der Waals surface area contributed by atoms with Crippen LogP contribution in [0.5, 0.6) is 0 Å². The Morgan fingerprint density at radius 1 is 0.870 bits per heavy atom. The smallest absolute Gasteiger partial charge is 0.130 e. The lowest BCUT2D eigenvalue weighted by Gasteiger charge is -2.39. The number of benzene rings is 2. The third-order valence-corrected chi connectivity index (χ3v) is 4.74. The lowest BCUT2D eigenvalue weighted by Crippen LogP contribution is -2.47. The normalized spacial score (nSPS) is 17.3. The van der Waals surface area contributed by atoms with Gasteiger partial charge in [0.1, 0.15) is 11.6 Å². The number of aryl methyl sites for hydroxylation is 1. The fourth-order valence-electron chi connectivity index (χ4n) is 3.36. The SMILES string of the molecule is Cc1ccccc1N1CCN(C(C)c2c(F)cccc2F)CC1. The van der Waals surface area contributed by atoms with Crippen molar-refractivity contribution in [3.05, 3.63) is 65.2 Å². The van der Waals surface area contributed by atoms with E-state index in [1.807, 2.05) is 19.1 Å². The highest BCUT2D eigenvalue weighted by molar-refractivity contribution is 5.53. The fraction of sp³-hybridized carbons (Fsp3) is 0.368. The summed E-state index contributed by atoms with van der Waals surface area (Å²) in [6, 6.07) is 12.2. The van der Waals surface area contributed by atoms with E-state index < -0.39 is 11.6 Å². The Morgan fingerprint density at radius 3 is 2.09 bits per heavy atom. The summed E-state index contributed by atoms with van der Waals surface area (Å²) in [6.45, 7) is 7.31. The van der Waals surface area contributed by atoms with Crippen LogP contribution >= 0.6 is 0 Å². The van der Waals surface area contributed by atoms with Gasteiger partial charge in [-0.25, -0.2) is 8.78 Å². The summed E-state index contributed by atoms with van der Waals surface area (Å²) < 4.78 is 27.9. The van der Waals surface area contributed by atoms with E-state index in [1.165, 1.54) is 29.4 Å². The third-order valence-electron chi connectivity index (χ3n) is 4.74. The highest BCUT2D eigenvalue weighted by atomic mass is 19.1. The first-order chi connectivity index (χ1) is 11.1. The van der Waals surface area contributed by atoms with Gasteiger partial charge in [-0.15, -0.1) is 0 Å². The average Bonchev–Trinajstić information content (AvgIpc) is 2.55. The monoisotopic (exact) mass is 316 g/mol. The van der Waals surface area contributed by atoms with Crippen molar-refractivity contribution in [3.8, 4) is 0 Å². The van der Waals surface area contributed by atoms with Crippen LogP contribution in [0.25, 0.3) is 0 Å². The molecule has 0 aliphatic carbocycles. The molecule has 2 aromatic rings. The van der Waals surface area contributed by atoms with Gasteiger partial charge < -0.3 is 4.90 Å². The molecule has 0 aromatic heterocycles. The second-order valence-electron chi connectivity index (χ2n) is 6.12. The van der Waals surface area contributed by atoms with Gasteiger partial charge in [0.2, 0.25) is 0 Å². The Hall–Kier alpha value is -1.94. The van der Waals surface area contributed by atoms with Crippen molar-refractivity contribution >= 4 is 5.69 Å². The van der Waals surface area contributed by atoms with Crippen LogP contribution in [0, 0.1) is 18.6 Å². The molecule has 4 heteroatoms. The maximum atomic E-state index is 14.0. The van der Waals surface area contributed by atoms with Gasteiger partial charge in [0, 0.05) is 43.5 Å². The van der Waals surface area contributed by atoms with E-state index in [0.29, 0.717) is 0 Å². The number of piperazine rings is 1. The van der Waals surface area contributed by atoms with E-state index in [9.17, 15) is 8.78 Å². The minimum atomic E-state index is -0.459. The predicted octanol–water partition coefficient (Wildman–Crippen LogP) is 4.16. The first-order valence-corrected chi connectivity index (χ1v) is 8.06. The van der Waals surface area contributed by atoms with Gasteiger partial charge in [0.25, 0.3) is 0 Å². The molecule has 1 aliphatic heterocycles. The lowest BCUT2D eigenvalue weighted by molar-refractivity contribution is 0.191. The maximum Gasteiger partial charge on any atom is 0.130 e. The van der Waals surface area contributed by atoms with Crippen LogP contribution in [0.4, 0.5) is 14.5 Å². The first kappa shape index (κ1) is 15.9. The van der Waals surface area contributed by atoms with Crippen LogP contribution in [0.1, 0.15) is 24.1 Å². The van der Waals surface area contributed by atoms with Crippen molar-refractivity contribution in [2.75, 3.05) is 31.1 Å². The number of rotatable bonds is 3. The molecule has 2 aromatic carbocycles. The van der Waals surface area contributed by atoms with Crippen LogP contribution in [-0.4, -0.2) is 31.1 Å². The van der Waals surface area contributed by atoms with Crippen LogP contribution < -0.4 is 4.90 Å². The van der Waals surface area contributed by atoms with E-state index in [4.69, 9.17) is 0 Å². The molecule has 1 unspecified atom stereocenters. The van der Waals surface area contributed by atoms with Crippen molar-refractivity contribution in [2.45, 2.75) is 19.9 Å². The van der Waals surface area contributed by atoms with Crippen LogP contribution in [0.3, 0.4) is 0 Å². The standard InChI is InChI=1S/C19H22F2N2/c1-14-6-3-4-9-18(14)23-12-10-22(11-13-23)15(2)19-16(20)7-5-8-17(19)21/h3-9,15H,10-13H2,1-2H3. The fourth-order valence-corrected chi connectivity index (χ4v) is 3.36. The van der Waals surface area contributed by atoms with Crippen molar-refractivity contribution in [2.24, 2.45) is 0 Å². The van der Waals surface area contributed by atoms with Crippen LogP contribution in [-0.2, 0) is 0 Å². The van der Waals surface area contributed by atoms with Crippen molar-refractivity contribution in [1.29, 1.82) is 0 Å². The molecule has 0 saturated carbocycles.